The van der Waals surface area contributed by atoms with E-state index >= 15 is 0 Å². The lowest BCUT2D eigenvalue weighted by Gasteiger charge is -2.12. The van der Waals surface area contributed by atoms with Gasteiger partial charge in [-0.3, -0.25) is 0 Å². The van der Waals surface area contributed by atoms with E-state index in [0.29, 0.717) is 18.7 Å². The Bertz CT molecular complexity index is 123. The maximum Gasteiger partial charge on any atom is 0.138 e. The van der Waals surface area contributed by atoms with Gasteiger partial charge in [0, 0.05) is 0 Å². The predicted octanol–water partition coefficient (Wildman–Crippen LogP) is -0.643. The normalized spacial score (nSPS) is 49.5. The largest absolute Gasteiger partial charge is 0.356 e. The summed E-state index contributed by atoms with van der Waals surface area (Å²) in [6.07, 6.45) is 0.875. The number of ether oxygens (including phenoxy) is 3. The van der Waals surface area contributed by atoms with Gasteiger partial charge >= 0.3 is 0 Å². The first kappa shape index (κ1) is 5.49. The number of epoxide rings is 3. The summed E-state index contributed by atoms with van der Waals surface area (Å²) in [7, 11) is 0. The second-order valence-electron chi connectivity index (χ2n) is 2.81. The molecule has 4 heteroatoms. The van der Waals surface area contributed by atoms with Gasteiger partial charge in [-0.15, -0.1) is 0 Å². The minimum absolute atomic E-state index is 0.292. The molecule has 4 nitrogen and oxygen atoms in total. The third kappa shape index (κ3) is 0.845. The van der Waals surface area contributed by atoms with E-state index in [2.05, 4.69) is 4.90 Å². The van der Waals surface area contributed by atoms with Crippen LogP contribution in [0.2, 0.25) is 0 Å². The minimum Gasteiger partial charge on any atom is -0.356 e. The third-order valence-corrected chi connectivity index (χ3v) is 1.94. The molecule has 0 radical (unpaired) electrons. The van der Waals surface area contributed by atoms with Gasteiger partial charge in [0.1, 0.15) is 18.7 Å². The van der Waals surface area contributed by atoms with E-state index in [-0.39, 0.29) is 0 Å². The van der Waals surface area contributed by atoms with Crippen molar-refractivity contribution in [3.8, 4) is 0 Å². The van der Waals surface area contributed by atoms with Crippen molar-refractivity contribution in [1.29, 1.82) is 0 Å². The number of hydrogen-bond donors (Lipinski definition) is 0. The molecule has 0 saturated carbocycles. The maximum absolute atomic E-state index is 5.14. The molecule has 3 heterocycles. The topological polar surface area (TPSA) is 40.8 Å². The van der Waals surface area contributed by atoms with Crippen molar-refractivity contribution >= 4 is 0 Å². The fraction of sp³-hybridized carbons (Fsp3) is 1.00. The first-order valence-electron chi connectivity index (χ1n) is 3.57. The molecule has 56 valence electrons. The van der Waals surface area contributed by atoms with E-state index in [1.165, 1.54) is 0 Å². The summed E-state index contributed by atoms with van der Waals surface area (Å²) in [6, 6.07) is 0. The Labute approximate surface area is 58.6 Å². The van der Waals surface area contributed by atoms with Crippen molar-refractivity contribution in [1.82, 2.24) is 4.90 Å². The Kier molecular flexibility index (Phi) is 0.936. The fourth-order valence-corrected chi connectivity index (χ4v) is 1.20. The highest BCUT2D eigenvalue weighted by Gasteiger charge is 2.49. The molecule has 0 aromatic heterocycles. The molecular formula is C6H9NO3. The van der Waals surface area contributed by atoms with Gasteiger partial charge in [0.25, 0.3) is 0 Å². The zero-order valence-corrected chi connectivity index (χ0v) is 5.53. The van der Waals surface area contributed by atoms with E-state index in [0.717, 1.165) is 19.8 Å². The summed E-state index contributed by atoms with van der Waals surface area (Å²) in [4.78, 5) is 2.17. The quantitative estimate of drug-likeness (QED) is 0.492. The molecule has 0 bridgehead atoms. The van der Waals surface area contributed by atoms with Crippen LogP contribution in [0, 0.1) is 0 Å². The minimum atomic E-state index is 0.292. The number of nitrogens with zero attached hydrogens (tertiary/aromatic N) is 1. The third-order valence-electron chi connectivity index (χ3n) is 1.94. The summed E-state index contributed by atoms with van der Waals surface area (Å²) < 4.78 is 15.4. The van der Waals surface area contributed by atoms with Crippen LogP contribution in [0.3, 0.4) is 0 Å². The van der Waals surface area contributed by atoms with Crippen LogP contribution in [0.1, 0.15) is 0 Å². The molecule has 0 aromatic carbocycles. The van der Waals surface area contributed by atoms with Crippen molar-refractivity contribution in [2.24, 2.45) is 0 Å². The SMILES string of the molecule is C1OC1N(C1CO1)C1CO1. The molecule has 3 aliphatic heterocycles. The summed E-state index contributed by atoms with van der Waals surface area (Å²) in [5.74, 6) is 0. The maximum atomic E-state index is 5.14. The predicted molar refractivity (Wildman–Crippen MR) is 31.1 cm³/mol. The summed E-state index contributed by atoms with van der Waals surface area (Å²) in [5.41, 5.74) is 0. The molecule has 0 N–H and O–H groups in total. The van der Waals surface area contributed by atoms with Crippen LogP contribution in [0.4, 0.5) is 0 Å². The fourth-order valence-electron chi connectivity index (χ4n) is 1.20. The molecule has 3 fully saturated rings. The van der Waals surface area contributed by atoms with E-state index in [1.807, 2.05) is 0 Å². The van der Waals surface area contributed by atoms with E-state index in [4.69, 9.17) is 14.2 Å². The van der Waals surface area contributed by atoms with Crippen molar-refractivity contribution in [2.45, 2.75) is 18.7 Å². The Balaban J connectivity index is 1.69. The second kappa shape index (κ2) is 1.71. The van der Waals surface area contributed by atoms with Gasteiger partial charge in [-0.1, -0.05) is 0 Å². The molecular weight excluding hydrogens is 134 g/mol. The van der Waals surface area contributed by atoms with E-state index in [1.54, 1.807) is 0 Å². The van der Waals surface area contributed by atoms with E-state index < -0.39 is 0 Å². The number of hydrogen-bond acceptors (Lipinski definition) is 4. The highest BCUT2D eigenvalue weighted by molar-refractivity contribution is 4.86. The Morgan fingerprint density at radius 2 is 1.10 bits per heavy atom. The molecule has 0 aromatic rings. The summed E-state index contributed by atoms with van der Waals surface area (Å²) >= 11 is 0. The molecule has 10 heavy (non-hydrogen) atoms. The lowest BCUT2D eigenvalue weighted by atomic mass is 10.5. The first-order valence-corrected chi connectivity index (χ1v) is 3.57. The molecule has 0 spiro atoms. The lowest BCUT2D eigenvalue weighted by molar-refractivity contribution is 0.0642. The smallest absolute Gasteiger partial charge is 0.138 e. The van der Waals surface area contributed by atoms with Crippen LogP contribution in [0.5, 0.6) is 0 Å². The first-order chi connectivity index (χ1) is 4.95. The van der Waals surface area contributed by atoms with Crippen molar-refractivity contribution < 1.29 is 14.2 Å². The van der Waals surface area contributed by atoms with Gasteiger partial charge in [0.2, 0.25) is 0 Å². The van der Waals surface area contributed by atoms with Crippen molar-refractivity contribution in [2.75, 3.05) is 19.8 Å². The Morgan fingerprint density at radius 1 is 0.800 bits per heavy atom. The highest BCUT2D eigenvalue weighted by atomic mass is 16.7. The van der Waals surface area contributed by atoms with Crippen LogP contribution in [-0.2, 0) is 14.2 Å². The standard InChI is InChI=1S/C6H9NO3/c1-4(8-1)7(5-2-9-5)6-3-10-6/h4-6H,1-3H2. The number of rotatable bonds is 3. The molecule has 0 amide bonds. The molecule has 3 rings (SSSR count). The lowest BCUT2D eigenvalue weighted by Crippen LogP contribution is -2.33. The van der Waals surface area contributed by atoms with Gasteiger partial charge in [-0.05, 0) is 0 Å². The monoisotopic (exact) mass is 143 g/mol. The van der Waals surface area contributed by atoms with Gasteiger partial charge in [0.15, 0.2) is 0 Å². The van der Waals surface area contributed by atoms with Crippen LogP contribution >= 0.6 is 0 Å². The van der Waals surface area contributed by atoms with Gasteiger partial charge in [0.05, 0.1) is 19.8 Å². The summed E-state index contributed by atoms with van der Waals surface area (Å²) in [5, 5.41) is 0. The molecule has 3 atom stereocenters. The van der Waals surface area contributed by atoms with Gasteiger partial charge in [-0.25, -0.2) is 4.90 Å². The molecule has 3 saturated heterocycles. The van der Waals surface area contributed by atoms with Crippen LogP contribution in [0.25, 0.3) is 0 Å². The zero-order valence-electron chi connectivity index (χ0n) is 5.53. The molecule has 3 unspecified atom stereocenters. The van der Waals surface area contributed by atoms with Crippen molar-refractivity contribution in [3.63, 3.8) is 0 Å². The molecule has 3 aliphatic rings. The van der Waals surface area contributed by atoms with Crippen molar-refractivity contribution in [3.05, 3.63) is 0 Å². The molecule has 0 aliphatic carbocycles. The Morgan fingerprint density at radius 3 is 1.30 bits per heavy atom. The van der Waals surface area contributed by atoms with Crippen LogP contribution in [-0.4, -0.2) is 43.4 Å². The Hall–Kier alpha value is -0.160. The average molecular weight is 143 g/mol. The van der Waals surface area contributed by atoms with Crippen LogP contribution in [0.15, 0.2) is 0 Å². The highest BCUT2D eigenvalue weighted by Crippen LogP contribution is 2.32. The average Bonchev–Trinajstić information content (AvgIpc) is 2.78. The second-order valence-corrected chi connectivity index (χ2v) is 2.81. The summed E-state index contributed by atoms with van der Waals surface area (Å²) in [6.45, 7) is 2.54. The zero-order chi connectivity index (χ0) is 6.55. The van der Waals surface area contributed by atoms with Gasteiger partial charge in [-0.2, -0.15) is 0 Å². The van der Waals surface area contributed by atoms with E-state index in [9.17, 15) is 0 Å². The van der Waals surface area contributed by atoms with Gasteiger partial charge < -0.3 is 14.2 Å². The van der Waals surface area contributed by atoms with Crippen LogP contribution < -0.4 is 0 Å².